The van der Waals surface area contributed by atoms with Gasteiger partial charge in [0.15, 0.2) is 28.2 Å². The largest absolute Gasteiger partial charge is 0.423 e. The summed E-state index contributed by atoms with van der Waals surface area (Å²) in [7, 11) is -5.62. The van der Waals surface area contributed by atoms with Crippen molar-refractivity contribution in [3.8, 4) is 5.75 Å². The maximum Gasteiger partial charge on any atom is 0.349 e. The molecule has 0 spiro atoms. The van der Waals surface area contributed by atoms with E-state index in [1.807, 2.05) is 33.8 Å². The van der Waals surface area contributed by atoms with E-state index in [0.717, 1.165) is 11.1 Å². The molecule has 0 amide bonds. The van der Waals surface area contributed by atoms with Gasteiger partial charge in [-0.1, -0.05) is 33.8 Å². The number of benzene rings is 2. The third-order valence-electron chi connectivity index (χ3n) is 4.18. The minimum Gasteiger partial charge on any atom is -0.423 e. The van der Waals surface area contributed by atoms with E-state index in [-0.39, 0.29) is 17.6 Å². The van der Waals surface area contributed by atoms with E-state index in [4.69, 9.17) is 9.29 Å². The van der Waals surface area contributed by atoms with Crippen LogP contribution in [0.2, 0.25) is 0 Å². The molecule has 0 aliphatic heterocycles. The predicted molar refractivity (Wildman–Crippen MR) is 95.7 cm³/mol. The Balaban J connectivity index is 2.58. The van der Waals surface area contributed by atoms with Crippen molar-refractivity contribution in [2.45, 2.75) is 44.4 Å². The molecule has 10 heteroatoms. The Hall–Kier alpha value is -2.46. The lowest BCUT2D eigenvalue weighted by Crippen LogP contribution is -2.19. The second-order valence-electron chi connectivity index (χ2n) is 6.97. The van der Waals surface area contributed by atoms with E-state index in [2.05, 4.69) is 0 Å². The van der Waals surface area contributed by atoms with Crippen LogP contribution in [0.5, 0.6) is 5.75 Å². The maximum atomic E-state index is 14.1. The van der Waals surface area contributed by atoms with Gasteiger partial charge in [0.25, 0.3) is 0 Å². The van der Waals surface area contributed by atoms with E-state index in [1.165, 1.54) is 12.1 Å². The highest BCUT2D eigenvalue weighted by molar-refractivity contribution is 7.85. The fourth-order valence-corrected chi connectivity index (χ4v) is 3.18. The molecule has 2 rings (SSSR count). The summed E-state index contributed by atoms with van der Waals surface area (Å²) in [5.74, 6) is -11.3. The summed E-state index contributed by atoms with van der Waals surface area (Å²) in [6.07, 6.45) is 0. The van der Waals surface area contributed by atoms with E-state index in [1.54, 1.807) is 0 Å². The van der Waals surface area contributed by atoms with Gasteiger partial charge in [0.2, 0.25) is 0 Å². The first kappa shape index (κ1) is 22.8. The van der Waals surface area contributed by atoms with Crippen molar-refractivity contribution in [2.24, 2.45) is 0 Å². The molecule has 0 heterocycles. The van der Waals surface area contributed by atoms with E-state index >= 15 is 0 Å². The van der Waals surface area contributed by atoms with Crippen LogP contribution in [-0.4, -0.2) is 18.9 Å². The van der Waals surface area contributed by atoms with E-state index in [9.17, 15) is 30.8 Å². The molecule has 158 valence electrons. The summed E-state index contributed by atoms with van der Waals surface area (Å²) in [5.41, 5.74) is -0.258. The van der Waals surface area contributed by atoms with E-state index in [0.29, 0.717) is 0 Å². The monoisotopic (exact) mass is 434 g/mol. The normalized spacial score (nSPS) is 12.0. The third-order valence-corrected chi connectivity index (χ3v) is 5.05. The second kappa shape index (κ2) is 8.11. The Kier molecular flexibility index (Phi) is 6.39. The zero-order valence-electron chi connectivity index (χ0n) is 15.9. The highest BCUT2D eigenvalue weighted by atomic mass is 32.2. The molecule has 0 bridgehead atoms. The summed E-state index contributed by atoms with van der Waals surface area (Å²) in [4.78, 5) is 10.0. The minimum absolute atomic E-state index is 0.0172. The standard InChI is InChI=1S/C19H18F4O5S/c1-8(2)10-5-11(9(3)4)7-12(6-10)28-19(24)13-14(20)16(22)18(29(25,26)27)17(23)15(13)21/h5-9H,1-4H3,(H,25,26,27). The number of rotatable bonds is 5. The molecular weight excluding hydrogens is 416 g/mol. The molecule has 0 unspecified atom stereocenters. The van der Waals surface area contributed by atoms with Crippen molar-refractivity contribution in [1.82, 2.24) is 0 Å². The Labute approximate surface area is 165 Å². The third kappa shape index (κ3) is 4.59. The van der Waals surface area contributed by atoms with Crippen LogP contribution in [0, 0.1) is 23.3 Å². The van der Waals surface area contributed by atoms with Crippen molar-refractivity contribution in [3.05, 3.63) is 58.2 Å². The number of hydrogen-bond donors (Lipinski definition) is 1. The fourth-order valence-electron chi connectivity index (χ4n) is 2.55. The average Bonchev–Trinajstić information content (AvgIpc) is 2.58. The quantitative estimate of drug-likeness (QED) is 0.237. The minimum atomic E-state index is -5.62. The molecule has 1 N–H and O–H groups in total. The zero-order chi connectivity index (χ0) is 22.3. The van der Waals surface area contributed by atoms with Crippen LogP contribution in [0.25, 0.3) is 0 Å². The van der Waals surface area contributed by atoms with Gasteiger partial charge >= 0.3 is 16.1 Å². The van der Waals surface area contributed by atoms with Gasteiger partial charge in [0.1, 0.15) is 11.3 Å². The van der Waals surface area contributed by atoms with Crippen molar-refractivity contribution in [3.63, 3.8) is 0 Å². The summed E-state index contributed by atoms with van der Waals surface area (Å²) in [6, 6.07) is 4.72. The zero-order valence-corrected chi connectivity index (χ0v) is 16.7. The molecule has 0 atom stereocenters. The topological polar surface area (TPSA) is 80.7 Å². The molecule has 2 aromatic carbocycles. The number of esters is 1. The number of carbonyl (C=O) groups is 1. The number of halogens is 4. The van der Waals surface area contributed by atoms with Crippen LogP contribution in [-0.2, 0) is 10.1 Å². The van der Waals surface area contributed by atoms with Crippen LogP contribution < -0.4 is 4.74 Å². The molecular formula is C19H18F4O5S. The first-order valence-corrected chi connectivity index (χ1v) is 9.90. The first-order chi connectivity index (χ1) is 13.3. The lowest BCUT2D eigenvalue weighted by molar-refractivity contribution is 0.0720. The summed E-state index contributed by atoms with van der Waals surface area (Å²) >= 11 is 0. The van der Waals surface area contributed by atoms with Gasteiger partial charge in [-0.25, -0.2) is 22.4 Å². The highest BCUT2D eigenvalue weighted by Crippen LogP contribution is 2.30. The molecule has 0 aromatic heterocycles. The van der Waals surface area contributed by atoms with Crippen LogP contribution in [0.1, 0.15) is 61.0 Å². The molecule has 29 heavy (non-hydrogen) atoms. The van der Waals surface area contributed by atoms with Crippen molar-refractivity contribution in [1.29, 1.82) is 0 Å². The Morgan fingerprint density at radius 2 is 1.28 bits per heavy atom. The van der Waals surface area contributed by atoms with Crippen LogP contribution in [0.15, 0.2) is 23.1 Å². The molecule has 0 aliphatic carbocycles. The number of carbonyl (C=O) groups excluding carboxylic acids is 1. The Morgan fingerprint density at radius 1 is 0.862 bits per heavy atom. The molecule has 0 aliphatic rings. The Morgan fingerprint density at radius 3 is 1.62 bits per heavy atom. The van der Waals surface area contributed by atoms with Crippen molar-refractivity contribution in [2.75, 3.05) is 0 Å². The lowest BCUT2D eigenvalue weighted by atomic mass is 9.95. The first-order valence-electron chi connectivity index (χ1n) is 8.46. The second-order valence-corrected chi connectivity index (χ2v) is 8.33. The van der Waals surface area contributed by atoms with Crippen molar-refractivity contribution < 1.29 is 40.1 Å². The summed E-state index contributed by atoms with van der Waals surface area (Å²) in [6.45, 7) is 7.46. The molecule has 5 nitrogen and oxygen atoms in total. The van der Waals surface area contributed by atoms with Gasteiger partial charge < -0.3 is 4.74 Å². The van der Waals surface area contributed by atoms with Gasteiger partial charge in [-0.05, 0) is 35.1 Å². The number of hydrogen-bond acceptors (Lipinski definition) is 4. The predicted octanol–water partition coefficient (Wildman–Crippen LogP) is 4.96. The maximum absolute atomic E-state index is 14.1. The Bertz CT molecular complexity index is 1020. The smallest absolute Gasteiger partial charge is 0.349 e. The molecule has 0 fully saturated rings. The van der Waals surface area contributed by atoms with Gasteiger partial charge in [0, 0.05) is 0 Å². The fraction of sp³-hybridized carbons (Fsp3) is 0.316. The van der Waals surface area contributed by atoms with Gasteiger partial charge in [-0.2, -0.15) is 8.42 Å². The number of ether oxygens (including phenoxy) is 1. The highest BCUT2D eigenvalue weighted by Gasteiger charge is 2.35. The molecule has 0 radical (unpaired) electrons. The van der Waals surface area contributed by atoms with Crippen LogP contribution in [0.4, 0.5) is 17.6 Å². The van der Waals surface area contributed by atoms with E-state index < -0.39 is 49.8 Å². The summed E-state index contributed by atoms with van der Waals surface area (Å²) in [5, 5.41) is 0. The lowest BCUT2D eigenvalue weighted by Gasteiger charge is -2.15. The average molecular weight is 434 g/mol. The van der Waals surface area contributed by atoms with Crippen LogP contribution >= 0.6 is 0 Å². The van der Waals surface area contributed by atoms with Gasteiger partial charge in [-0.3, -0.25) is 4.55 Å². The van der Waals surface area contributed by atoms with Gasteiger partial charge in [-0.15, -0.1) is 0 Å². The van der Waals surface area contributed by atoms with Crippen molar-refractivity contribution >= 4 is 16.1 Å². The molecule has 0 saturated heterocycles. The molecule has 0 saturated carbocycles. The SMILES string of the molecule is CC(C)c1cc(OC(=O)c2c(F)c(F)c(S(=O)(=O)O)c(F)c2F)cc(C(C)C)c1. The van der Waals surface area contributed by atoms with Crippen LogP contribution in [0.3, 0.4) is 0 Å². The van der Waals surface area contributed by atoms with Gasteiger partial charge in [0.05, 0.1) is 0 Å². The molecule has 2 aromatic rings. The summed E-state index contributed by atoms with van der Waals surface area (Å²) < 4.78 is 91.8.